The van der Waals surface area contributed by atoms with Gasteiger partial charge in [0.05, 0.1) is 0 Å². The normalized spacial score (nSPS) is 14.4. The highest BCUT2D eigenvalue weighted by molar-refractivity contribution is 5.76. The molecule has 0 fully saturated rings. The Hall–Kier alpha value is -0.570. The lowest BCUT2D eigenvalue weighted by Crippen LogP contribution is -2.50. The van der Waals surface area contributed by atoms with E-state index in [0.29, 0.717) is 13.0 Å². The molecule has 1 unspecified atom stereocenters. The lowest BCUT2D eigenvalue weighted by atomic mass is 9.98. The molecule has 17 heavy (non-hydrogen) atoms. The van der Waals surface area contributed by atoms with Crippen molar-refractivity contribution < 1.29 is 4.79 Å². The summed E-state index contributed by atoms with van der Waals surface area (Å²) in [6.45, 7) is 6.78. The van der Waals surface area contributed by atoms with E-state index in [-0.39, 0.29) is 11.4 Å². The van der Waals surface area contributed by atoms with Crippen molar-refractivity contribution in [1.29, 1.82) is 0 Å². The fraction of sp³-hybridized carbons (Fsp3) is 0.929. The van der Waals surface area contributed by atoms with Crippen LogP contribution in [-0.4, -0.2) is 18.0 Å². The highest BCUT2D eigenvalue weighted by atomic mass is 16.1. The number of hydrogen-bond donors (Lipinski definition) is 2. The van der Waals surface area contributed by atoms with E-state index in [0.717, 1.165) is 12.8 Å². The van der Waals surface area contributed by atoms with Gasteiger partial charge in [-0.15, -0.1) is 0 Å². The van der Waals surface area contributed by atoms with Crippen molar-refractivity contribution in [3.63, 3.8) is 0 Å². The molecular weight excluding hydrogens is 212 g/mol. The predicted molar refractivity (Wildman–Crippen MR) is 73.9 cm³/mol. The summed E-state index contributed by atoms with van der Waals surface area (Å²) in [5.74, 6) is 0.148. The summed E-state index contributed by atoms with van der Waals surface area (Å²) >= 11 is 0. The van der Waals surface area contributed by atoms with E-state index >= 15 is 0 Å². The Morgan fingerprint density at radius 2 is 1.71 bits per heavy atom. The maximum absolute atomic E-state index is 11.7. The van der Waals surface area contributed by atoms with E-state index in [1.165, 1.54) is 32.1 Å². The van der Waals surface area contributed by atoms with E-state index in [4.69, 9.17) is 5.73 Å². The first kappa shape index (κ1) is 16.4. The van der Waals surface area contributed by atoms with Crippen LogP contribution in [-0.2, 0) is 4.79 Å². The Bertz CT molecular complexity index is 200. The molecule has 1 atom stereocenters. The molecule has 0 aromatic rings. The zero-order valence-corrected chi connectivity index (χ0v) is 11.8. The van der Waals surface area contributed by atoms with Crippen LogP contribution in [0.15, 0.2) is 0 Å². The van der Waals surface area contributed by atoms with Gasteiger partial charge in [0.25, 0.3) is 0 Å². The summed E-state index contributed by atoms with van der Waals surface area (Å²) < 4.78 is 0. The highest BCUT2D eigenvalue weighted by Crippen LogP contribution is 2.10. The lowest BCUT2D eigenvalue weighted by Gasteiger charge is -2.27. The Kier molecular flexibility index (Phi) is 9.14. The SMILES string of the molecule is CCCCCCCCC(=O)NC(C)(CC)CN. The molecule has 0 aliphatic carbocycles. The minimum Gasteiger partial charge on any atom is -0.350 e. The van der Waals surface area contributed by atoms with Crippen molar-refractivity contribution in [3.8, 4) is 0 Å². The molecular formula is C14H30N2O. The van der Waals surface area contributed by atoms with Crippen molar-refractivity contribution in [2.45, 2.75) is 77.7 Å². The van der Waals surface area contributed by atoms with E-state index in [9.17, 15) is 4.79 Å². The van der Waals surface area contributed by atoms with E-state index < -0.39 is 0 Å². The molecule has 3 nitrogen and oxygen atoms in total. The van der Waals surface area contributed by atoms with Crippen LogP contribution in [0, 0.1) is 0 Å². The number of rotatable bonds is 10. The quantitative estimate of drug-likeness (QED) is 0.579. The Morgan fingerprint density at radius 3 is 2.24 bits per heavy atom. The van der Waals surface area contributed by atoms with Gasteiger partial charge in [0.1, 0.15) is 0 Å². The van der Waals surface area contributed by atoms with E-state index in [1.807, 2.05) is 6.92 Å². The Labute approximate surface area is 107 Å². The Morgan fingerprint density at radius 1 is 1.12 bits per heavy atom. The van der Waals surface area contributed by atoms with Crippen molar-refractivity contribution in [2.24, 2.45) is 5.73 Å². The number of carbonyl (C=O) groups is 1. The van der Waals surface area contributed by atoms with Gasteiger partial charge >= 0.3 is 0 Å². The van der Waals surface area contributed by atoms with Gasteiger partial charge in [0.15, 0.2) is 0 Å². The molecule has 0 aromatic carbocycles. The van der Waals surface area contributed by atoms with Crippen molar-refractivity contribution >= 4 is 5.91 Å². The summed E-state index contributed by atoms with van der Waals surface area (Å²) in [4.78, 5) is 11.7. The molecule has 1 amide bonds. The minimum atomic E-state index is -0.223. The maximum Gasteiger partial charge on any atom is 0.220 e. The van der Waals surface area contributed by atoms with Crippen molar-refractivity contribution in [2.75, 3.05) is 6.54 Å². The van der Waals surface area contributed by atoms with E-state index in [2.05, 4.69) is 19.2 Å². The van der Waals surface area contributed by atoms with Gasteiger partial charge < -0.3 is 11.1 Å². The maximum atomic E-state index is 11.7. The average molecular weight is 242 g/mol. The van der Waals surface area contributed by atoms with Crippen molar-refractivity contribution in [1.82, 2.24) is 5.32 Å². The monoisotopic (exact) mass is 242 g/mol. The molecule has 0 aliphatic rings. The predicted octanol–water partition coefficient (Wildman–Crippen LogP) is 2.98. The largest absolute Gasteiger partial charge is 0.350 e. The third kappa shape index (κ3) is 8.19. The fourth-order valence-electron chi connectivity index (χ4n) is 1.75. The van der Waals surface area contributed by atoms with Gasteiger partial charge in [-0.05, 0) is 19.8 Å². The van der Waals surface area contributed by atoms with Gasteiger partial charge in [0.2, 0.25) is 5.91 Å². The Balaban J connectivity index is 3.59. The second-order valence-corrected chi connectivity index (χ2v) is 5.18. The van der Waals surface area contributed by atoms with Gasteiger partial charge in [-0.3, -0.25) is 4.79 Å². The fourth-order valence-corrected chi connectivity index (χ4v) is 1.75. The van der Waals surface area contributed by atoms with Crippen LogP contribution >= 0.6 is 0 Å². The molecule has 3 heteroatoms. The molecule has 102 valence electrons. The lowest BCUT2D eigenvalue weighted by molar-refractivity contribution is -0.122. The van der Waals surface area contributed by atoms with Crippen LogP contribution in [0.2, 0.25) is 0 Å². The number of nitrogens with two attached hydrogens (primary N) is 1. The summed E-state index contributed by atoms with van der Waals surface area (Å²) in [7, 11) is 0. The van der Waals surface area contributed by atoms with Crippen molar-refractivity contribution in [3.05, 3.63) is 0 Å². The number of unbranched alkanes of at least 4 members (excludes halogenated alkanes) is 5. The van der Waals surface area contributed by atoms with Gasteiger partial charge in [-0.1, -0.05) is 46.0 Å². The molecule has 0 saturated carbocycles. The molecule has 0 heterocycles. The molecule has 0 spiro atoms. The third-order valence-electron chi connectivity index (χ3n) is 3.43. The molecule has 0 saturated heterocycles. The highest BCUT2D eigenvalue weighted by Gasteiger charge is 2.21. The molecule has 0 radical (unpaired) electrons. The number of nitrogens with one attached hydrogen (secondary N) is 1. The molecule has 0 aliphatic heterocycles. The van der Waals surface area contributed by atoms with Crippen LogP contribution < -0.4 is 11.1 Å². The second kappa shape index (κ2) is 9.46. The first-order valence-corrected chi connectivity index (χ1v) is 7.09. The second-order valence-electron chi connectivity index (χ2n) is 5.18. The van der Waals surface area contributed by atoms with E-state index in [1.54, 1.807) is 0 Å². The smallest absolute Gasteiger partial charge is 0.220 e. The van der Waals surface area contributed by atoms with Crippen LogP contribution in [0.5, 0.6) is 0 Å². The van der Waals surface area contributed by atoms with Gasteiger partial charge in [-0.25, -0.2) is 0 Å². The first-order chi connectivity index (χ1) is 8.08. The summed E-state index contributed by atoms with van der Waals surface area (Å²) in [6.07, 6.45) is 8.82. The van der Waals surface area contributed by atoms with Crippen LogP contribution in [0.3, 0.4) is 0 Å². The topological polar surface area (TPSA) is 55.1 Å². The zero-order valence-electron chi connectivity index (χ0n) is 11.8. The summed E-state index contributed by atoms with van der Waals surface area (Å²) in [6, 6.07) is 0. The first-order valence-electron chi connectivity index (χ1n) is 7.09. The van der Waals surface area contributed by atoms with Crippen LogP contribution in [0.4, 0.5) is 0 Å². The van der Waals surface area contributed by atoms with Gasteiger partial charge in [-0.2, -0.15) is 0 Å². The number of hydrogen-bond acceptors (Lipinski definition) is 2. The number of amides is 1. The average Bonchev–Trinajstić information content (AvgIpc) is 2.33. The molecule has 0 rings (SSSR count). The minimum absolute atomic E-state index is 0.148. The molecule has 3 N–H and O–H groups in total. The summed E-state index contributed by atoms with van der Waals surface area (Å²) in [5.41, 5.74) is 5.44. The van der Waals surface area contributed by atoms with Crippen LogP contribution in [0.25, 0.3) is 0 Å². The zero-order chi connectivity index (χ0) is 13.1. The molecule has 0 bridgehead atoms. The number of carbonyl (C=O) groups excluding carboxylic acids is 1. The molecule has 0 aromatic heterocycles. The third-order valence-corrected chi connectivity index (χ3v) is 3.43. The van der Waals surface area contributed by atoms with Crippen LogP contribution in [0.1, 0.15) is 72.1 Å². The summed E-state index contributed by atoms with van der Waals surface area (Å²) in [5, 5.41) is 3.03. The standard InChI is InChI=1S/C14H30N2O/c1-4-6-7-8-9-10-11-13(17)16-14(3,5-2)12-15/h4-12,15H2,1-3H3,(H,16,17). The van der Waals surface area contributed by atoms with Gasteiger partial charge in [0, 0.05) is 18.5 Å².